The topological polar surface area (TPSA) is 75.5 Å². The van der Waals surface area contributed by atoms with E-state index in [2.05, 4.69) is 9.97 Å². The molecule has 24 heavy (non-hydrogen) atoms. The lowest BCUT2D eigenvalue weighted by Crippen LogP contribution is -2.43. The molecule has 128 valence electrons. The molecule has 2 aromatic heterocycles. The fourth-order valence-corrected chi connectivity index (χ4v) is 3.26. The van der Waals surface area contributed by atoms with Crippen molar-refractivity contribution >= 4 is 34.3 Å². The second-order valence-electron chi connectivity index (χ2n) is 6.04. The van der Waals surface area contributed by atoms with E-state index in [1.165, 1.54) is 7.11 Å². The van der Waals surface area contributed by atoms with Crippen LogP contribution in [0, 0.1) is 0 Å². The molecule has 0 atom stereocenters. The maximum Gasteiger partial charge on any atom is 0.325 e. The molecular formula is C17H20ClN3O3. The van der Waals surface area contributed by atoms with Gasteiger partial charge < -0.3 is 14.7 Å². The van der Waals surface area contributed by atoms with Crippen molar-refractivity contribution in [1.82, 2.24) is 9.97 Å². The molecule has 1 N–H and O–H groups in total. The third-order valence-electron chi connectivity index (χ3n) is 4.45. The number of aliphatic hydroxyl groups excluding tert-OH is 1. The van der Waals surface area contributed by atoms with Gasteiger partial charge in [0.25, 0.3) is 0 Å². The van der Waals surface area contributed by atoms with Crippen LogP contribution in [-0.2, 0) is 9.53 Å². The minimum Gasteiger partial charge on any atom is -0.468 e. The summed E-state index contributed by atoms with van der Waals surface area (Å²) in [5.74, 6) is 0.396. The zero-order valence-electron chi connectivity index (χ0n) is 13.5. The first-order chi connectivity index (χ1) is 11.6. The van der Waals surface area contributed by atoms with Gasteiger partial charge in [-0.15, -0.1) is 0 Å². The predicted molar refractivity (Wildman–Crippen MR) is 92.2 cm³/mol. The van der Waals surface area contributed by atoms with Crippen LogP contribution < -0.4 is 4.90 Å². The van der Waals surface area contributed by atoms with E-state index in [0.29, 0.717) is 11.0 Å². The molecule has 0 unspecified atom stereocenters. The summed E-state index contributed by atoms with van der Waals surface area (Å²) in [5, 5.41) is 11.0. The highest BCUT2D eigenvalue weighted by molar-refractivity contribution is 6.30. The lowest BCUT2D eigenvalue weighted by molar-refractivity contribution is -0.139. The van der Waals surface area contributed by atoms with Crippen LogP contribution in [-0.4, -0.2) is 46.8 Å². The molecule has 2 aromatic rings. The average Bonchev–Trinajstić information content (AvgIpc) is 2.59. The molecule has 1 fully saturated rings. The monoisotopic (exact) mass is 349 g/mol. The zero-order valence-corrected chi connectivity index (χ0v) is 14.2. The van der Waals surface area contributed by atoms with E-state index >= 15 is 0 Å². The Morgan fingerprint density at radius 3 is 2.83 bits per heavy atom. The molecule has 0 radical (unpaired) electrons. The molecule has 2 heterocycles. The Labute approximate surface area is 145 Å². The summed E-state index contributed by atoms with van der Waals surface area (Å²) in [6, 6.07) is 5.66. The molecular weight excluding hydrogens is 330 g/mol. The first kappa shape index (κ1) is 16.9. The molecule has 0 aliphatic heterocycles. The van der Waals surface area contributed by atoms with E-state index in [1.54, 1.807) is 12.3 Å². The van der Waals surface area contributed by atoms with Gasteiger partial charge in [0.05, 0.1) is 18.7 Å². The number of pyridine rings is 2. The molecule has 1 aliphatic carbocycles. The minimum atomic E-state index is -0.309. The molecule has 3 rings (SSSR count). The standard InChI is InChI=1S/C17H20ClN3O3/c1-24-17(23)10-21(12-3-5-13(22)6-4-12)16-7-2-11-9-19-15(18)8-14(11)20-16/h2,7-9,12-13,22H,3-6,10H2,1H3/t12-,13-. The van der Waals surface area contributed by atoms with Crippen LogP contribution in [0.3, 0.4) is 0 Å². The van der Waals surface area contributed by atoms with Crippen molar-refractivity contribution in [3.63, 3.8) is 0 Å². The van der Waals surface area contributed by atoms with E-state index in [0.717, 1.165) is 36.6 Å². The Balaban J connectivity index is 1.93. The van der Waals surface area contributed by atoms with Crippen LogP contribution in [0.1, 0.15) is 25.7 Å². The Morgan fingerprint density at radius 1 is 1.38 bits per heavy atom. The number of esters is 1. The number of nitrogens with zero attached hydrogens (tertiary/aromatic N) is 3. The number of aromatic nitrogens is 2. The van der Waals surface area contributed by atoms with Crippen LogP contribution in [0.5, 0.6) is 0 Å². The Kier molecular flexibility index (Phi) is 5.16. The van der Waals surface area contributed by atoms with Gasteiger partial charge in [0.15, 0.2) is 0 Å². The van der Waals surface area contributed by atoms with Crippen LogP contribution in [0.25, 0.3) is 10.9 Å². The summed E-state index contributed by atoms with van der Waals surface area (Å²) in [4.78, 5) is 22.5. The van der Waals surface area contributed by atoms with Gasteiger partial charge in [0.2, 0.25) is 0 Å². The summed E-state index contributed by atoms with van der Waals surface area (Å²) in [6.45, 7) is 0.134. The number of ether oxygens (including phenoxy) is 1. The van der Waals surface area contributed by atoms with Crippen molar-refractivity contribution in [2.24, 2.45) is 0 Å². The number of methoxy groups -OCH3 is 1. The van der Waals surface area contributed by atoms with Crippen molar-refractivity contribution in [2.75, 3.05) is 18.6 Å². The van der Waals surface area contributed by atoms with Gasteiger partial charge in [0.1, 0.15) is 17.5 Å². The lowest BCUT2D eigenvalue weighted by atomic mass is 9.92. The number of aliphatic hydroxyl groups is 1. The smallest absolute Gasteiger partial charge is 0.325 e. The highest BCUT2D eigenvalue weighted by Crippen LogP contribution is 2.28. The summed E-state index contributed by atoms with van der Waals surface area (Å²) in [6.07, 6.45) is 4.51. The molecule has 0 saturated heterocycles. The fraction of sp³-hybridized carbons (Fsp3) is 0.471. The maximum atomic E-state index is 11.8. The summed E-state index contributed by atoms with van der Waals surface area (Å²) < 4.78 is 4.83. The van der Waals surface area contributed by atoms with Crippen LogP contribution >= 0.6 is 11.6 Å². The number of fused-ring (bicyclic) bond motifs is 1. The summed E-state index contributed by atoms with van der Waals surface area (Å²) in [7, 11) is 1.38. The van der Waals surface area contributed by atoms with Crippen molar-refractivity contribution in [3.05, 3.63) is 29.5 Å². The van der Waals surface area contributed by atoms with Crippen LogP contribution in [0.2, 0.25) is 5.15 Å². The highest BCUT2D eigenvalue weighted by Gasteiger charge is 2.27. The molecule has 1 aliphatic rings. The van der Waals surface area contributed by atoms with Gasteiger partial charge in [0, 0.05) is 23.7 Å². The Hall–Kier alpha value is -1.92. The van der Waals surface area contributed by atoms with Crippen molar-refractivity contribution < 1.29 is 14.6 Å². The Bertz CT molecular complexity index is 732. The first-order valence-corrected chi connectivity index (χ1v) is 8.38. The number of halogens is 1. The van der Waals surface area contributed by atoms with Crippen molar-refractivity contribution in [2.45, 2.75) is 37.8 Å². The van der Waals surface area contributed by atoms with Gasteiger partial charge in [-0.05, 0) is 37.8 Å². The van der Waals surface area contributed by atoms with Crippen molar-refractivity contribution in [3.8, 4) is 0 Å². The normalized spacial score (nSPS) is 20.8. The van der Waals surface area contributed by atoms with Gasteiger partial charge in [-0.3, -0.25) is 4.79 Å². The number of hydrogen-bond donors (Lipinski definition) is 1. The van der Waals surface area contributed by atoms with E-state index in [-0.39, 0.29) is 24.7 Å². The van der Waals surface area contributed by atoms with Crippen LogP contribution in [0.15, 0.2) is 24.4 Å². The number of carbonyl (C=O) groups excluding carboxylic acids is 1. The zero-order chi connectivity index (χ0) is 17.1. The number of hydrogen-bond acceptors (Lipinski definition) is 6. The van der Waals surface area contributed by atoms with Crippen LogP contribution in [0.4, 0.5) is 5.82 Å². The SMILES string of the molecule is COC(=O)CN(c1ccc2cnc(Cl)cc2n1)[C@H]1CC[C@H](O)CC1. The van der Waals surface area contributed by atoms with E-state index in [1.807, 2.05) is 17.0 Å². The minimum absolute atomic E-state index is 0.134. The molecule has 7 heteroatoms. The number of carbonyl (C=O) groups is 1. The third-order valence-corrected chi connectivity index (χ3v) is 4.66. The summed E-state index contributed by atoms with van der Waals surface area (Å²) >= 11 is 5.96. The lowest BCUT2D eigenvalue weighted by Gasteiger charge is -2.36. The molecule has 6 nitrogen and oxygen atoms in total. The second-order valence-corrected chi connectivity index (χ2v) is 6.42. The van der Waals surface area contributed by atoms with E-state index < -0.39 is 0 Å². The maximum absolute atomic E-state index is 11.8. The average molecular weight is 350 g/mol. The molecule has 0 aromatic carbocycles. The highest BCUT2D eigenvalue weighted by atomic mass is 35.5. The molecule has 0 bridgehead atoms. The van der Waals surface area contributed by atoms with Gasteiger partial charge in [-0.2, -0.15) is 0 Å². The molecule has 0 amide bonds. The quantitative estimate of drug-likeness (QED) is 0.675. The molecule has 0 spiro atoms. The van der Waals surface area contributed by atoms with Crippen molar-refractivity contribution in [1.29, 1.82) is 0 Å². The number of rotatable bonds is 4. The third kappa shape index (κ3) is 3.76. The number of anilines is 1. The molecule has 1 saturated carbocycles. The summed E-state index contributed by atoms with van der Waals surface area (Å²) in [5.41, 5.74) is 0.734. The van der Waals surface area contributed by atoms with E-state index in [4.69, 9.17) is 16.3 Å². The first-order valence-electron chi connectivity index (χ1n) is 8.00. The van der Waals surface area contributed by atoms with Gasteiger partial charge >= 0.3 is 5.97 Å². The fourth-order valence-electron chi connectivity index (χ4n) is 3.11. The van der Waals surface area contributed by atoms with Gasteiger partial charge in [-0.25, -0.2) is 9.97 Å². The predicted octanol–water partition coefficient (Wildman–Crippen LogP) is 2.57. The largest absolute Gasteiger partial charge is 0.468 e. The van der Waals surface area contributed by atoms with Gasteiger partial charge in [-0.1, -0.05) is 11.6 Å². The second kappa shape index (κ2) is 7.32. The van der Waals surface area contributed by atoms with E-state index in [9.17, 15) is 9.90 Å². The Morgan fingerprint density at radius 2 is 2.12 bits per heavy atom.